The van der Waals surface area contributed by atoms with Crippen LogP contribution >= 0.6 is 46.4 Å². The molecule has 4 bridgehead atoms. The molecule has 4 aliphatic carbocycles. The highest BCUT2D eigenvalue weighted by atomic mass is 35.5. The van der Waals surface area contributed by atoms with Crippen molar-refractivity contribution >= 4 is 58.2 Å². The van der Waals surface area contributed by atoms with E-state index in [0.717, 1.165) is 19.3 Å². The largest absolute Gasteiger partial charge is 0.268 e. The molecule has 3 nitrogen and oxygen atoms in total. The Morgan fingerprint density at radius 3 is 1.40 bits per heavy atom. The van der Waals surface area contributed by atoms with E-state index in [1.165, 1.54) is 24.2 Å². The summed E-state index contributed by atoms with van der Waals surface area (Å²) >= 11 is 24.8. The molecule has 0 atom stereocenters. The Bertz CT molecular complexity index is 768. The molecule has 0 radical (unpaired) electrons. The van der Waals surface area contributed by atoms with Gasteiger partial charge in [-0.15, -0.1) is 0 Å². The van der Waals surface area contributed by atoms with Gasteiger partial charge in [0.2, 0.25) is 0 Å². The zero-order chi connectivity index (χ0) is 17.7. The molecule has 7 heteroatoms. The van der Waals surface area contributed by atoms with E-state index in [1.807, 2.05) is 0 Å². The van der Waals surface area contributed by atoms with Gasteiger partial charge < -0.3 is 0 Å². The van der Waals surface area contributed by atoms with Crippen molar-refractivity contribution in [2.45, 2.75) is 44.1 Å². The molecule has 2 amide bonds. The van der Waals surface area contributed by atoms with Crippen LogP contribution in [0, 0.1) is 17.8 Å². The van der Waals surface area contributed by atoms with Crippen LogP contribution in [0.3, 0.4) is 0 Å². The maximum Gasteiger partial charge on any atom is 0.263 e. The van der Waals surface area contributed by atoms with Crippen molar-refractivity contribution in [3.8, 4) is 0 Å². The van der Waals surface area contributed by atoms with Crippen molar-refractivity contribution < 1.29 is 9.59 Å². The summed E-state index contributed by atoms with van der Waals surface area (Å²) in [5, 5.41) is 0.106. The number of halogens is 4. The zero-order valence-corrected chi connectivity index (χ0v) is 16.3. The van der Waals surface area contributed by atoms with Gasteiger partial charge >= 0.3 is 0 Å². The van der Waals surface area contributed by atoms with Gasteiger partial charge in [-0.2, -0.15) is 0 Å². The summed E-state index contributed by atoms with van der Waals surface area (Å²) in [6.45, 7) is 0. The molecule has 1 aliphatic heterocycles. The van der Waals surface area contributed by atoms with Crippen LogP contribution in [0.1, 0.15) is 59.2 Å². The number of hydrogen-bond acceptors (Lipinski definition) is 2. The average molecular weight is 419 g/mol. The summed E-state index contributed by atoms with van der Waals surface area (Å²) in [6.07, 6.45) is 6.34. The van der Waals surface area contributed by atoms with Gasteiger partial charge in [-0.05, 0) is 56.3 Å². The zero-order valence-electron chi connectivity index (χ0n) is 13.3. The molecule has 1 aromatic rings. The molecule has 0 spiro atoms. The second-order valence-electron chi connectivity index (χ2n) is 8.09. The normalized spacial score (nSPS) is 35.7. The molecule has 0 aromatic heterocycles. The summed E-state index contributed by atoms with van der Waals surface area (Å²) in [7, 11) is 0. The van der Waals surface area contributed by atoms with E-state index < -0.39 is 5.54 Å². The summed E-state index contributed by atoms with van der Waals surface area (Å²) < 4.78 is 0. The Kier molecular flexibility index (Phi) is 3.52. The van der Waals surface area contributed by atoms with Crippen molar-refractivity contribution in [2.75, 3.05) is 0 Å². The number of rotatable bonds is 1. The van der Waals surface area contributed by atoms with Gasteiger partial charge in [0.05, 0.1) is 36.8 Å². The van der Waals surface area contributed by atoms with Gasteiger partial charge in [0.15, 0.2) is 0 Å². The van der Waals surface area contributed by atoms with E-state index in [2.05, 4.69) is 0 Å². The SMILES string of the molecule is O=C1c2c(Cl)c(Cl)c(Cl)c(Cl)c2C(=O)N1C12CC3CC(CC(C3)C1)C2. The topological polar surface area (TPSA) is 37.4 Å². The summed E-state index contributed by atoms with van der Waals surface area (Å²) in [5.41, 5.74) is -0.170. The van der Waals surface area contributed by atoms with E-state index >= 15 is 0 Å². The Hall–Kier alpha value is -0.480. The number of hydrogen-bond donors (Lipinski definition) is 0. The highest BCUT2D eigenvalue weighted by Crippen LogP contribution is 2.59. The van der Waals surface area contributed by atoms with E-state index in [0.29, 0.717) is 17.8 Å². The summed E-state index contributed by atoms with van der Waals surface area (Å²) in [6, 6.07) is 0. The van der Waals surface area contributed by atoms with Crippen molar-refractivity contribution in [3.05, 3.63) is 31.2 Å². The van der Waals surface area contributed by atoms with Gasteiger partial charge in [0.25, 0.3) is 11.8 Å². The molecule has 1 aromatic carbocycles. The Balaban J connectivity index is 1.66. The van der Waals surface area contributed by atoms with Crippen LogP contribution in [0.25, 0.3) is 0 Å². The fourth-order valence-corrected chi connectivity index (χ4v) is 7.13. The lowest BCUT2D eigenvalue weighted by Crippen LogP contribution is -2.61. The Labute approximate surface area is 165 Å². The van der Waals surface area contributed by atoms with Crippen molar-refractivity contribution in [3.63, 3.8) is 0 Å². The molecule has 4 fully saturated rings. The van der Waals surface area contributed by atoms with Gasteiger partial charge in [-0.25, -0.2) is 0 Å². The van der Waals surface area contributed by atoms with E-state index in [1.54, 1.807) is 0 Å². The Morgan fingerprint density at radius 2 is 1.04 bits per heavy atom. The molecular formula is C18H15Cl4NO2. The smallest absolute Gasteiger partial charge is 0.263 e. The van der Waals surface area contributed by atoms with Crippen LogP contribution in [0.2, 0.25) is 20.1 Å². The number of nitrogens with zero attached hydrogens (tertiary/aromatic N) is 1. The Morgan fingerprint density at radius 1 is 0.680 bits per heavy atom. The van der Waals surface area contributed by atoms with Crippen molar-refractivity contribution in [2.24, 2.45) is 17.8 Å². The number of benzene rings is 1. The lowest BCUT2D eigenvalue weighted by molar-refractivity contribution is -0.0620. The number of carbonyl (C=O) groups excluding carboxylic acids is 2. The summed E-state index contributed by atoms with van der Waals surface area (Å²) in [5.74, 6) is 1.08. The fraction of sp³-hybridized carbons (Fsp3) is 0.556. The van der Waals surface area contributed by atoms with Crippen LogP contribution < -0.4 is 0 Å². The molecule has 0 saturated heterocycles. The first-order valence-electron chi connectivity index (χ1n) is 8.57. The predicted molar refractivity (Wildman–Crippen MR) is 97.9 cm³/mol. The first-order chi connectivity index (χ1) is 11.8. The molecule has 132 valence electrons. The highest BCUT2D eigenvalue weighted by Gasteiger charge is 2.59. The third-order valence-corrected chi connectivity index (χ3v) is 8.38. The third kappa shape index (κ3) is 2.07. The third-order valence-electron chi connectivity index (χ3n) is 6.58. The maximum absolute atomic E-state index is 13.2. The quantitative estimate of drug-likeness (QED) is 0.325. The van der Waals surface area contributed by atoms with Crippen LogP contribution in [0.5, 0.6) is 0 Å². The van der Waals surface area contributed by atoms with E-state index in [4.69, 9.17) is 46.4 Å². The van der Waals surface area contributed by atoms with Crippen LogP contribution in [-0.2, 0) is 0 Å². The molecule has 6 rings (SSSR count). The maximum atomic E-state index is 13.2. The van der Waals surface area contributed by atoms with Gasteiger partial charge in [0, 0.05) is 0 Å². The number of fused-ring (bicyclic) bond motifs is 1. The molecule has 0 N–H and O–H groups in total. The minimum Gasteiger partial charge on any atom is -0.268 e. The number of carbonyl (C=O) groups is 2. The minimum atomic E-state index is -0.395. The lowest BCUT2D eigenvalue weighted by Gasteiger charge is -2.59. The highest BCUT2D eigenvalue weighted by molar-refractivity contribution is 6.55. The first kappa shape index (κ1) is 16.7. The molecule has 5 aliphatic rings. The second kappa shape index (κ2) is 5.28. The predicted octanol–water partition coefficient (Wildman–Crippen LogP) is 5.87. The standard InChI is InChI=1S/C18H15Cl4NO2/c19-12-10-11(13(20)15(22)14(12)21)17(25)23(16(10)24)18-4-7-1-8(5-18)3-9(2-7)6-18/h7-9H,1-6H2. The minimum absolute atomic E-state index is 0.0247. The van der Waals surface area contributed by atoms with Gasteiger partial charge in [-0.3, -0.25) is 14.5 Å². The van der Waals surface area contributed by atoms with Gasteiger partial charge in [0.1, 0.15) is 0 Å². The van der Waals surface area contributed by atoms with Crippen molar-refractivity contribution in [1.29, 1.82) is 0 Å². The second-order valence-corrected chi connectivity index (χ2v) is 9.61. The van der Waals surface area contributed by atoms with Crippen LogP contribution in [0.15, 0.2) is 0 Å². The molecule has 25 heavy (non-hydrogen) atoms. The monoisotopic (exact) mass is 417 g/mol. The molecule has 0 unspecified atom stereocenters. The lowest BCUT2D eigenvalue weighted by atomic mass is 9.52. The molecule has 1 heterocycles. The first-order valence-corrected chi connectivity index (χ1v) is 10.1. The number of imide groups is 1. The number of amides is 2. The fourth-order valence-electron chi connectivity index (χ4n) is 6.12. The van der Waals surface area contributed by atoms with Crippen LogP contribution in [0.4, 0.5) is 0 Å². The van der Waals surface area contributed by atoms with E-state index in [-0.39, 0.29) is 43.0 Å². The van der Waals surface area contributed by atoms with Gasteiger partial charge in [-0.1, -0.05) is 46.4 Å². The summed E-state index contributed by atoms with van der Waals surface area (Å²) in [4.78, 5) is 27.9. The van der Waals surface area contributed by atoms with Crippen molar-refractivity contribution in [1.82, 2.24) is 4.90 Å². The van der Waals surface area contributed by atoms with Crippen LogP contribution in [-0.4, -0.2) is 22.3 Å². The van der Waals surface area contributed by atoms with E-state index in [9.17, 15) is 9.59 Å². The average Bonchev–Trinajstić information content (AvgIpc) is 2.81. The molecule has 4 saturated carbocycles. The molecular weight excluding hydrogens is 404 g/mol.